The largest absolute Gasteiger partial charge is 0.390 e. The molecular weight excluding hydrogens is 348 g/mol. The van der Waals surface area contributed by atoms with Gasteiger partial charge in [0, 0.05) is 18.3 Å². The lowest BCUT2D eigenvalue weighted by atomic mass is 9.49. The summed E-state index contributed by atoms with van der Waals surface area (Å²) in [6, 6.07) is 1.90. The molecule has 1 aromatic heterocycles. The van der Waals surface area contributed by atoms with E-state index in [9.17, 15) is 9.90 Å². The van der Waals surface area contributed by atoms with Crippen molar-refractivity contribution in [3.05, 3.63) is 18.5 Å². The highest BCUT2D eigenvalue weighted by Crippen LogP contribution is 2.68. The zero-order chi connectivity index (χ0) is 19.1. The first-order valence-corrected chi connectivity index (χ1v) is 11.7. The normalized spacial score (nSPS) is 51.6. The molecule has 5 saturated carbocycles. The van der Waals surface area contributed by atoms with E-state index in [-0.39, 0.29) is 16.9 Å². The SMILES string of the molecule is C[C@]12CC[C@@H]3[C@H]4CC[C@]5(O)CC5[C@@H]4CC[C@H]3[C@@H]1CC[C@@H]2C(=O)Cn1cccn1. The molecule has 1 heterocycles. The van der Waals surface area contributed by atoms with Gasteiger partial charge in [-0.3, -0.25) is 9.48 Å². The Bertz CT molecular complexity index is 776. The van der Waals surface area contributed by atoms with E-state index in [1.807, 2.05) is 12.3 Å². The molecule has 0 saturated heterocycles. The lowest BCUT2D eigenvalue weighted by Gasteiger charge is -2.56. The molecule has 0 aliphatic heterocycles. The molecule has 6 rings (SSSR count). The number of rotatable bonds is 3. The van der Waals surface area contributed by atoms with Crippen molar-refractivity contribution in [2.24, 2.45) is 46.8 Å². The van der Waals surface area contributed by atoms with Gasteiger partial charge in [-0.25, -0.2) is 0 Å². The van der Waals surface area contributed by atoms with E-state index >= 15 is 0 Å². The number of nitrogens with zero attached hydrogens (tertiary/aromatic N) is 2. The number of aromatic nitrogens is 2. The van der Waals surface area contributed by atoms with E-state index in [4.69, 9.17) is 0 Å². The molecule has 0 aromatic carbocycles. The minimum absolute atomic E-state index is 0.202. The number of hydrogen-bond acceptors (Lipinski definition) is 3. The molecular formula is C24H34N2O2. The lowest BCUT2D eigenvalue weighted by Crippen LogP contribution is -2.50. The number of carbonyl (C=O) groups excluding carboxylic acids is 1. The standard InChI is InChI=1S/C24H34N2O2/c1-23-9-7-15-16-8-10-24(28)13-21(24)18(16)4-3-17(15)19(23)5-6-20(23)22(27)14-26-12-2-11-25-26/h2,11-12,15-21,28H,3-10,13-14H2,1H3/t15-,16-,17-,18-,19+,20-,21?,23+,24+/m1/s1. The smallest absolute Gasteiger partial charge is 0.157 e. The van der Waals surface area contributed by atoms with Crippen LogP contribution in [0.25, 0.3) is 0 Å². The number of Topliss-reactive ketones (excluding diaryl/α,β-unsaturated/α-hetero) is 1. The average Bonchev–Trinajstić information content (AvgIpc) is 3.00. The lowest BCUT2D eigenvalue weighted by molar-refractivity contribution is -0.131. The van der Waals surface area contributed by atoms with Gasteiger partial charge < -0.3 is 5.11 Å². The van der Waals surface area contributed by atoms with Gasteiger partial charge in [-0.1, -0.05) is 6.92 Å². The van der Waals surface area contributed by atoms with Gasteiger partial charge in [-0.05, 0) is 105 Å². The highest BCUT2D eigenvalue weighted by molar-refractivity contribution is 5.82. The van der Waals surface area contributed by atoms with Gasteiger partial charge >= 0.3 is 0 Å². The van der Waals surface area contributed by atoms with Crippen LogP contribution in [0.1, 0.15) is 64.7 Å². The van der Waals surface area contributed by atoms with Crippen LogP contribution < -0.4 is 0 Å². The Morgan fingerprint density at radius 1 is 1.04 bits per heavy atom. The highest BCUT2D eigenvalue weighted by Gasteiger charge is 2.65. The Hall–Kier alpha value is -1.16. The Morgan fingerprint density at radius 3 is 2.54 bits per heavy atom. The van der Waals surface area contributed by atoms with Gasteiger partial charge in [0.25, 0.3) is 0 Å². The van der Waals surface area contributed by atoms with Crippen LogP contribution in [-0.4, -0.2) is 26.3 Å². The first-order valence-electron chi connectivity index (χ1n) is 11.7. The van der Waals surface area contributed by atoms with E-state index < -0.39 is 0 Å². The summed E-state index contributed by atoms with van der Waals surface area (Å²) < 4.78 is 1.80. The van der Waals surface area contributed by atoms with Crippen molar-refractivity contribution in [3.63, 3.8) is 0 Å². The van der Waals surface area contributed by atoms with Gasteiger partial charge in [0.05, 0.1) is 12.1 Å². The van der Waals surface area contributed by atoms with E-state index in [2.05, 4.69) is 12.0 Å². The van der Waals surface area contributed by atoms with Crippen LogP contribution >= 0.6 is 0 Å². The first kappa shape index (κ1) is 17.7. The minimum Gasteiger partial charge on any atom is -0.390 e. The number of aliphatic hydroxyl groups is 1. The molecule has 4 nitrogen and oxygen atoms in total. The minimum atomic E-state index is -0.269. The molecule has 0 bridgehead atoms. The molecule has 5 fully saturated rings. The van der Waals surface area contributed by atoms with Crippen LogP contribution in [0.15, 0.2) is 18.5 Å². The zero-order valence-electron chi connectivity index (χ0n) is 17.1. The van der Waals surface area contributed by atoms with E-state index in [0.717, 1.165) is 48.9 Å². The Kier molecular flexibility index (Phi) is 3.75. The van der Waals surface area contributed by atoms with Crippen molar-refractivity contribution in [2.45, 2.75) is 76.9 Å². The third kappa shape index (κ3) is 2.39. The molecule has 0 spiro atoms. The molecule has 0 amide bonds. The van der Waals surface area contributed by atoms with E-state index in [1.54, 1.807) is 10.9 Å². The molecule has 5 aliphatic carbocycles. The summed E-state index contributed by atoms with van der Waals surface area (Å²) in [7, 11) is 0. The summed E-state index contributed by atoms with van der Waals surface area (Å²) in [6.07, 6.45) is 14.6. The molecule has 1 N–H and O–H groups in total. The summed E-state index contributed by atoms with van der Waals surface area (Å²) in [4.78, 5) is 13.2. The number of hydrogen-bond donors (Lipinski definition) is 1. The van der Waals surface area contributed by atoms with Crippen molar-refractivity contribution in [1.29, 1.82) is 0 Å². The molecule has 1 aromatic rings. The molecule has 152 valence electrons. The van der Waals surface area contributed by atoms with Gasteiger partial charge in [-0.15, -0.1) is 0 Å². The molecule has 9 atom stereocenters. The summed E-state index contributed by atoms with van der Waals surface area (Å²) in [5, 5.41) is 14.9. The van der Waals surface area contributed by atoms with Gasteiger partial charge in [-0.2, -0.15) is 5.10 Å². The second-order valence-electron chi connectivity index (χ2n) is 11.1. The maximum absolute atomic E-state index is 13.2. The van der Waals surface area contributed by atoms with Crippen molar-refractivity contribution in [3.8, 4) is 0 Å². The fourth-order valence-corrected chi connectivity index (χ4v) is 8.88. The Balaban J connectivity index is 1.21. The third-order valence-electron chi connectivity index (χ3n) is 10.2. The van der Waals surface area contributed by atoms with Gasteiger partial charge in [0.15, 0.2) is 5.78 Å². The quantitative estimate of drug-likeness (QED) is 0.857. The van der Waals surface area contributed by atoms with Crippen molar-refractivity contribution in [2.75, 3.05) is 0 Å². The van der Waals surface area contributed by atoms with Crippen LogP contribution in [0.4, 0.5) is 0 Å². The van der Waals surface area contributed by atoms with Crippen LogP contribution in [0.3, 0.4) is 0 Å². The average molecular weight is 383 g/mol. The molecule has 28 heavy (non-hydrogen) atoms. The summed E-state index contributed by atoms with van der Waals surface area (Å²) in [5.74, 6) is 5.32. The highest BCUT2D eigenvalue weighted by atomic mass is 16.3. The number of carbonyl (C=O) groups is 1. The van der Waals surface area contributed by atoms with Gasteiger partial charge in [0.1, 0.15) is 0 Å². The zero-order valence-corrected chi connectivity index (χ0v) is 17.1. The fourth-order valence-electron chi connectivity index (χ4n) is 8.88. The van der Waals surface area contributed by atoms with Crippen LogP contribution in [0.5, 0.6) is 0 Å². The molecule has 0 radical (unpaired) electrons. The summed E-state index contributed by atoms with van der Waals surface area (Å²) in [5.41, 5.74) is -0.0677. The van der Waals surface area contributed by atoms with Crippen molar-refractivity contribution in [1.82, 2.24) is 9.78 Å². The first-order chi connectivity index (χ1) is 13.5. The van der Waals surface area contributed by atoms with Crippen molar-refractivity contribution < 1.29 is 9.90 Å². The predicted molar refractivity (Wildman–Crippen MR) is 106 cm³/mol. The summed E-state index contributed by atoms with van der Waals surface area (Å²) >= 11 is 0. The fraction of sp³-hybridized carbons (Fsp3) is 0.833. The van der Waals surface area contributed by atoms with Crippen LogP contribution in [0, 0.1) is 46.8 Å². The van der Waals surface area contributed by atoms with Crippen molar-refractivity contribution >= 4 is 5.78 Å². The Labute approximate surface area is 168 Å². The van der Waals surface area contributed by atoms with Crippen LogP contribution in [-0.2, 0) is 11.3 Å². The molecule has 5 aliphatic rings. The maximum atomic E-state index is 13.2. The second kappa shape index (κ2) is 5.93. The predicted octanol–water partition coefficient (Wildman–Crippen LogP) is 4.08. The van der Waals surface area contributed by atoms with Gasteiger partial charge in [0.2, 0.25) is 0 Å². The molecule has 4 heteroatoms. The number of ketones is 1. The Morgan fingerprint density at radius 2 is 1.79 bits per heavy atom. The van der Waals surface area contributed by atoms with E-state index in [0.29, 0.717) is 18.2 Å². The molecule has 1 unspecified atom stereocenters. The summed E-state index contributed by atoms with van der Waals surface area (Å²) in [6.45, 7) is 2.89. The van der Waals surface area contributed by atoms with Crippen LogP contribution in [0.2, 0.25) is 0 Å². The second-order valence-corrected chi connectivity index (χ2v) is 11.1. The van der Waals surface area contributed by atoms with E-state index in [1.165, 1.54) is 38.5 Å². The maximum Gasteiger partial charge on any atom is 0.157 e. The third-order valence-corrected chi connectivity index (χ3v) is 10.2. The monoisotopic (exact) mass is 382 g/mol. The topological polar surface area (TPSA) is 55.1 Å². The number of fused-ring (bicyclic) bond motifs is 7.